The van der Waals surface area contributed by atoms with Gasteiger partial charge >= 0.3 is 0 Å². The molecule has 1 aromatic heterocycles. The number of nitrogens with two attached hydrogens (primary N) is 1. The maximum Gasteiger partial charge on any atom is 0.252 e. The van der Waals surface area contributed by atoms with Crippen LogP contribution in [0.1, 0.15) is 25.1 Å². The Morgan fingerprint density at radius 1 is 1.45 bits per heavy atom. The van der Waals surface area contributed by atoms with Crippen LogP contribution in [0.2, 0.25) is 0 Å². The maximum atomic E-state index is 12.7. The number of ether oxygens (including phenoxy) is 1. The first kappa shape index (κ1) is 17.6. The van der Waals surface area contributed by atoms with E-state index < -0.39 is 10.0 Å². The fourth-order valence-electron chi connectivity index (χ4n) is 1.85. The Bertz CT molecular complexity index is 499. The molecule has 1 rings (SSSR count). The molecule has 0 spiro atoms. The van der Waals surface area contributed by atoms with Crippen molar-refractivity contribution in [2.75, 3.05) is 26.8 Å². The summed E-state index contributed by atoms with van der Waals surface area (Å²) < 4.78 is 32.3. The molecule has 7 heteroatoms. The second kappa shape index (κ2) is 8.09. The first-order chi connectivity index (χ1) is 9.47. The minimum atomic E-state index is -3.45. The van der Waals surface area contributed by atoms with E-state index in [1.165, 1.54) is 15.6 Å². The number of methoxy groups -OCH3 is 1. The van der Waals surface area contributed by atoms with E-state index in [0.29, 0.717) is 30.3 Å². The van der Waals surface area contributed by atoms with Gasteiger partial charge in [-0.15, -0.1) is 11.3 Å². The molecule has 0 aliphatic carbocycles. The van der Waals surface area contributed by atoms with E-state index in [2.05, 4.69) is 0 Å². The molecule has 0 aliphatic rings. The lowest BCUT2D eigenvalue weighted by Crippen LogP contribution is -2.40. The minimum absolute atomic E-state index is 0.0461. The molecule has 1 heterocycles. The van der Waals surface area contributed by atoms with Gasteiger partial charge in [0.15, 0.2) is 0 Å². The molecular weight excluding hydrogens is 296 g/mol. The van der Waals surface area contributed by atoms with Crippen LogP contribution < -0.4 is 5.73 Å². The Hall–Kier alpha value is -0.470. The Labute approximate surface area is 125 Å². The highest BCUT2D eigenvalue weighted by molar-refractivity contribution is 7.91. The summed E-state index contributed by atoms with van der Waals surface area (Å²) in [6, 6.07) is 3.47. The fraction of sp³-hybridized carbons (Fsp3) is 0.692. The van der Waals surface area contributed by atoms with Gasteiger partial charge in [-0.3, -0.25) is 0 Å². The van der Waals surface area contributed by atoms with Crippen LogP contribution >= 0.6 is 11.3 Å². The quantitative estimate of drug-likeness (QED) is 0.751. The number of rotatable bonds is 9. The van der Waals surface area contributed by atoms with Gasteiger partial charge in [0.05, 0.1) is 6.61 Å². The van der Waals surface area contributed by atoms with Crippen molar-refractivity contribution in [1.82, 2.24) is 4.31 Å². The van der Waals surface area contributed by atoms with Gasteiger partial charge in [-0.05, 0) is 38.4 Å². The van der Waals surface area contributed by atoms with Gasteiger partial charge in [0.1, 0.15) is 4.21 Å². The lowest BCUT2D eigenvalue weighted by Gasteiger charge is -2.26. The topological polar surface area (TPSA) is 72.6 Å². The number of thiophene rings is 1. The molecule has 0 aliphatic heterocycles. The van der Waals surface area contributed by atoms with E-state index in [1.54, 1.807) is 13.2 Å². The number of sulfonamides is 1. The monoisotopic (exact) mass is 320 g/mol. The first-order valence-electron chi connectivity index (χ1n) is 6.76. The van der Waals surface area contributed by atoms with Gasteiger partial charge in [-0.25, -0.2) is 8.42 Å². The van der Waals surface area contributed by atoms with Crippen LogP contribution in [0, 0.1) is 0 Å². The van der Waals surface area contributed by atoms with Gasteiger partial charge in [0.2, 0.25) is 0 Å². The van der Waals surface area contributed by atoms with Crippen molar-refractivity contribution in [2.45, 2.75) is 36.9 Å². The molecule has 0 aromatic carbocycles. The smallest absolute Gasteiger partial charge is 0.252 e. The second-order valence-corrected chi connectivity index (χ2v) is 7.91. The summed E-state index contributed by atoms with van der Waals surface area (Å²) >= 11 is 1.30. The van der Waals surface area contributed by atoms with E-state index in [-0.39, 0.29) is 6.04 Å². The molecule has 0 radical (unpaired) electrons. The zero-order valence-corrected chi connectivity index (χ0v) is 14.0. The molecule has 0 amide bonds. The average Bonchev–Trinajstić information content (AvgIpc) is 2.88. The van der Waals surface area contributed by atoms with Crippen LogP contribution in [0.25, 0.3) is 0 Å². The summed E-state index contributed by atoms with van der Waals surface area (Å²) in [5, 5.41) is 0. The van der Waals surface area contributed by atoms with Crippen molar-refractivity contribution in [1.29, 1.82) is 0 Å². The van der Waals surface area contributed by atoms with Crippen molar-refractivity contribution >= 4 is 21.4 Å². The lowest BCUT2D eigenvalue weighted by atomic mass is 10.3. The van der Waals surface area contributed by atoms with Gasteiger partial charge in [-0.1, -0.05) is 6.92 Å². The van der Waals surface area contributed by atoms with Crippen LogP contribution in [0.5, 0.6) is 0 Å². The third-order valence-electron chi connectivity index (χ3n) is 3.19. The normalized spacial score (nSPS) is 13.8. The second-order valence-electron chi connectivity index (χ2n) is 4.63. The van der Waals surface area contributed by atoms with E-state index >= 15 is 0 Å². The third-order valence-corrected chi connectivity index (χ3v) is 6.81. The van der Waals surface area contributed by atoms with E-state index in [0.717, 1.165) is 11.3 Å². The Kier molecular flexibility index (Phi) is 7.11. The van der Waals surface area contributed by atoms with Gasteiger partial charge < -0.3 is 10.5 Å². The fourth-order valence-corrected chi connectivity index (χ4v) is 5.04. The number of nitrogens with zero attached hydrogens (tertiary/aromatic N) is 1. The highest BCUT2D eigenvalue weighted by Crippen LogP contribution is 2.26. The average molecular weight is 320 g/mol. The van der Waals surface area contributed by atoms with Crippen molar-refractivity contribution in [2.24, 2.45) is 5.73 Å². The largest absolute Gasteiger partial charge is 0.383 e. The summed E-state index contributed by atoms with van der Waals surface area (Å²) in [6.45, 7) is 5.19. The standard InChI is InChI=1S/C13H24N2O3S2/c1-4-11(2)15(9-10-18-3)20(16,17)13-6-5-12(19-13)7-8-14/h5-6,11H,4,7-10,14H2,1-3H3. The first-order valence-corrected chi connectivity index (χ1v) is 9.02. The van der Waals surface area contributed by atoms with Crippen molar-refractivity contribution in [3.8, 4) is 0 Å². The maximum absolute atomic E-state index is 12.7. The molecule has 5 nitrogen and oxygen atoms in total. The molecule has 1 unspecified atom stereocenters. The summed E-state index contributed by atoms with van der Waals surface area (Å²) in [4.78, 5) is 1.00. The van der Waals surface area contributed by atoms with E-state index in [4.69, 9.17) is 10.5 Å². The molecular formula is C13H24N2O3S2. The van der Waals surface area contributed by atoms with Crippen LogP contribution in [-0.4, -0.2) is 45.6 Å². The van der Waals surface area contributed by atoms with Gasteiger partial charge in [0, 0.05) is 24.6 Å². The molecule has 0 bridgehead atoms. The van der Waals surface area contributed by atoms with Crippen LogP contribution in [-0.2, 0) is 21.2 Å². The summed E-state index contributed by atoms with van der Waals surface area (Å²) in [6.07, 6.45) is 1.48. The molecule has 0 saturated heterocycles. The summed E-state index contributed by atoms with van der Waals surface area (Å²) in [5.74, 6) is 0. The molecule has 20 heavy (non-hydrogen) atoms. The van der Waals surface area contributed by atoms with E-state index in [1.807, 2.05) is 19.9 Å². The van der Waals surface area contributed by atoms with Gasteiger partial charge in [-0.2, -0.15) is 4.31 Å². The highest BCUT2D eigenvalue weighted by Gasteiger charge is 2.29. The number of hydrogen-bond acceptors (Lipinski definition) is 5. The van der Waals surface area contributed by atoms with Crippen LogP contribution in [0.3, 0.4) is 0 Å². The Balaban J connectivity index is 3.01. The third kappa shape index (κ3) is 4.26. The lowest BCUT2D eigenvalue weighted by molar-refractivity contribution is 0.167. The van der Waals surface area contributed by atoms with Crippen LogP contribution in [0.4, 0.5) is 0 Å². The van der Waals surface area contributed by atoms with Gasteiger partial charge in [0.25, 0.3) is 10.0 Å². The molecule has 0 fully saturated rings. The highest BCUT2D eigenvalue weighted by atomic mass is 32.2. The SMILES string of the molecule is CCC(C)N(CCOC)S(=O)(=O)c1ccc(CCN)s1. The Morgan fingerprint density at radius 2 is 2.15 bits per heavy atom. The number of hydrogen-bond donors (Lipinski definition) is 1. The molecule has 116 valence electrons. The minimum Gasteiger partial charge on any atom is -0.383 e. The zero-order valence-electron chi connectivity index (χ0n) is 12.3. The van der Waals surface area contributed by atoms with E-state index in [9.17, 15) is 8.42 Å². The Morgan fingerprint density at radius 3 is 2.70 bits per heavy atom. The molecule has 0 saturated carbocycles. The van der Waals surface area contributed by atoms with Crippen molar-refractivity contribution < 1.29 is 13.2 Å². The predicted octanol–water partition coefficient (Wildman–Crippen LogP) is 1.68. The van der Waals surface area contributed by atoms with Crippen molar-refractivity contribution in [3.63, 3.8) is 0 Å². The van der Waals surface area contributed by atoms with Crippen LogP contribution in [0.15, 0.2) is 16.3 Å². The van der Waals surface area contributed by atoms with Crippen molar-refractivity contribution in [3.05, 3.63) is 17.0 Å². The summed E-state index contributed by atoms with van der Waals surface area (Å²) in [5.41, 5.74) is 5.50. The summed E-state index contributed by atoms with van der Waals surface area (Å²) in [7, 11) is -1.88. The zero-order chi connectivity index (χ0) is 15.2. The predicted molar refractivity (Wildman–Crippen MR) is 82.6 cm³/mol. The molecule has 1 atom stereocenters. The molecule has 2 N–H and O–H groups in total. The molecule has 1 aromatic rings.